The van der Waals surface area contributed by atoms with Crippen LogP contribution in [0, 0.1) is 0 Å². The van der Waals surface area contributed by atoms with E-state index < -0.39 is 28.5 Å². The summed E-state index contributed by atoms with van der Waals surface area (Å²) in [6.45, 7) is 1.94. The summed E-state index contributed by atoms with van der Waals surface area (Å²) >= 11 is 0. The quantitative estimate of drug-likeness (QED) is 0.319. The van der Waals surface area contributed by atoms with Gasteiger partial charge in [0.2, 0.25) is 21.8 Å². The topological polar surface area (TPSA) is 105 Å². The van der Waals surface area contributed by atoms with Gasteiger partial charge in [0, 0.05) is 19.5 Å². The van der Waals surface area contributed by atoms with Crippen LogP contribution >= 0.6 is 0 Å². The Morgan fingerprint density at radius 2 is 1.57 bits per heavy atom. The third-order valence-electron chi connectivity index (χ3n) is 6.34. The SMILES string of the molecule is CCCNC(=O)C(Cc1ccccc1)N(Cc1cccc(OC)c1)C(=O)CN(c1ccccc1OC)S(C)(=O)=O. The van der Waals surface area contributed by atoms with Crippen molar-refractivity contribution >= 4 is 27.5 Å². The molecule has 214 valence electrons. The molecule has 3 rings (SSSR count). The lowest BCUT2D eigenvalue weighted by atomic mass is 10.0. The van der Waals surface area contributed by atoms with Crippen LogP contribution in [0.1, 0.15) is 24.5 Å². The van der Waals surface area contributed by atoms with Gasteiger partial charge in [0.1, 0.15) is 24.1 Å². The molecule has 3 aromatic carbocycles. The summed E-state index contributed by atoms with van der Waals surface area (Å²) in [6, 6.07) is 22.3. The van der Waals surface area contributed by atoms with Crippen molar-refractivity contribution in [1.29, 1.82) is 0 Å². The Labute approximate surface area is 236 Å². The zero-order valence-corrected chi connectivity index (χ0v) is 24.2. The van der Waals surface area contributed by atoms with Crippen molar-refractivity contribution in [2.75, 3.05) is 37.9 Å². The summed E-state index contributed by atoms with van der Waals surface area (Å²) in [4.78, 5) is 29.1. The first-order chi connectivity index (χ1) is 19.2. The number of hydrogen-bond donors (Lipinski definition) is 1. The number of nitrogens with one attached hydrogen (secondary N) is 1. The molecule has 0 fully saturated rings. The molecule has 9 nitrogen and oxygen atoms in total. The van der Waals surface area contributed by atoms with Gasteiger partial charge in [-0.05, 0) is 41.8 Å². The summed E-state index contributed by atoms with van der Waals surface area (Å²) in [6.07, 6.45) is 2.01. The van der Waals surface area contributed by atoms with E-state index in [0.717, 1.165) is 28.1 Å². The van der Waals surface area contributed by atoms with Crippen molar-refractivity contribution in [2.45, 2.75) is 32.4 Å². The lowest BCUT2D eigenvalue weighted by Crippen LogP contribution is -2.53. The van der Waals surface area contributed by atoms with E-state index in [9.17, 15) is 18.0 Å². The molecular formula is C30H37N3O6S. The average Bonchev–Trinajstić information content (AvgIpc) is 2.96. The number of ether oxygens (including phenoxy) is 2. The van der Waals surface area contributed by atoms with Crippen LogP contribution in [0.2, 0.25) is 0 Å². The lowest BCUT2D eigenvalue weighted by molar-refractivity contribution is -0.140. The highest BCUT2D eigenvalue weighted by Crippen LogP contribution is 2.30. The van der Waals surface area contributed by atoms with Gasteiger partial charge in [-0.3, -0.25) is 13.9 Å². The third kappa shape index (κ3) is 8.22. The van der Waals surface area contributed by atoms with Gasteiger partial charge in [-0.2, -0.15) is 0 Å². The molecule has 1 unspecified atom stereocenters. The number of sulfonamides is 1. The molecular weight excluding hydrogens is 530 g/mol. The number of amides is 2. The average molecular weight is 568 g/mol. The number of carbonyl (C=O) groups is 2. The predicted octanol–water partition coefficient (Wildman–Crippen LogP) is 3.64. The van der Waals surface area contributed by atoms with Gasteiger partial charge in [-0.25, -0.2) is 8.42 Å². The van der Waals surface area contributed by atoms with E-state index in [1.807, 2.05) is 43.3 Å². The van der Waals surface area contributed by atoms with Crippen LogP contribution < -0.4 is 19.1 Å². The molecule has 2 amide bonds. The van der Waals surface area contributed by atoms with Crippen molar-refractivity contribution < 1.29 is 27.5 Å². The van der Waals surface area contributed by atoms with Crippen molar-refractivity contribution in [2.24, 2.45) is 0 Å². The number of hydrogen-bond acceptors (Lipinski definition) is 6. The molecule has 0 aliphatic heterocycles. The second kappa shape index (κ2) is 14.4. The van der Waals surface area contributed by atoms with Crippen molar-refractivity contribution in [3.63, 3.8) is 0 Å². The highest BCUT2D eigenvalue weighted by atomic mass is 32.2. The van der Waals surface area contributed by atoms with Gasteiger partial charge in [-0.15, -0.1) is 0 Å². The Kier molecular flexibility index (Phi) is 11.0. The van der Waals surface area contributed by atoms with E-state index in [4.69, 9.17) is 9.47 Å². The molecule has 10 heteroatoms. The molecule has 0 saturated carbocycles. The molecule has 0 aliphatic carbocycles. The minimum Gasteiger partial charge on any atom is -0.497 e. The van der Waals surface area contributed by atoms with E-state index in [0.29, 0.717) is 18.0 Å². The lowest BCUT2D eigenvalue weighted by Gasteiger charge is -2.33. The van der Waals surface area contributed by atoms with Gasteiger partial charge < -0.3 is 19.7 Å². The Morgan fingerprint density at radius 1 is 0.900 bits per heavy atom. The molecule has 0 radical (unpaired) electrons. The fraction of sp³-hybridized carbons (Fsp3) is 0.333. The number of methoxy groups -OCH3 is 2. The molecule has 3 aromatic rings. The fourth-order valence-electron chi connectivity index (χ4n) is 4.32. The number of benzene rings is 3. The van der Waals surface area contributed by atoms with Gasteiger partial charge in [0.15, 0.2) is 0 Å². The van der Waals surface area contributed by atoms with E-state index in [1.54, 1.807) is 49.6 Å². The van der Waals surface area contributed by atoms with Crippen LogP contribution in [0.25, 0.3) is 0 Å². The van der Waals surface area contributed by atoms with Crippen LogP contribution in [0.3, 0.4) is 0 Å². The monoisotopic (exact) mass is 567 g/mol. The summed E-state index contributed by atoms with van der Waals surface area (Å²) in [5.74, 6) is 0.0604. The minimum absolute atomic E-state index is 0.0661. The number of anilines is 1. The third-order valence-corrected chi connectivity index (χ3v) is 7.47. The fourth-order valence-corrected chi connectivity index (χ4v) is 5.17. The van der Waals surface area contributed by atoms with Crippen molar-refractivity contribution in [3.8, 4) is 11.5 Å². The van der Waals surface area contributed by atoms with E-state index in [1.165, 1.54) is 12.0 Å². The maximum atomic E-state index is 14.1. The van der Waals surface area contributed by atoms with Gasteiger partial charge in [0.05, 0.1) is 26.2 Å². The standard InChI is InChI=1S/C30H37N3O6S/c1-5-18-31-30(35)27(20-23-12-7-6-8-13-23)32(21-24-14-11-15-25(19-24)38-2)29(34)22-33(40(4,36)37)26-16-9-10-17-28(26)39-3/h6-17,19,27H,5,18,20-22H2,1-4H3,(H,31,35). The largest absolute Gasteiger partial charge is 0.497 e. The van der Waals surface area contributed by atoms with Crippen LogP contribution in [-0.2, 0) is 32.6 Å². The molecule has 40 heavy (non-hydrogen) atoms. The van der Waals surface area contributed by atoms with Crippen LogP contribution in [0.5, 0.6) is 11.5 Å². The Hall–Kier alpha value is -4.05. The van der Waals surface area contributed by atoms with E-state index >= 15 is 0 Å². The molecule has 1 N–H and O–H groups in total. The van der Waals surface area contributed by atoms with Crippen LogP contribution in [0.15, 0.2) is 78.9 Å². The maximum absolute atomic E-state index is 14.1. The zero-order valence-electron chi connectivity index (χ0n) is 23.4. The number of rotatable bonds is 14. The van der Waals surface area contributed by atoms with Crippen LogP contribution in [-0.4, -0.2) is 64.7 Å². The van der Waals surface area contributed by atoms with E-state index in [2.05, 4.69) is 5.32 Å². The minimum atomic E-state index is -3.90. The second-order valence-electron chi connectivity index (χ2n) is 9.31. The van der Waals surface area contributed by atoms with Gasteiger partial charge in [-0.1, -0.05) is 61.5 Å². The van der Waals surface area contributed by atoms with E-state index in [-0.39, 0.29) is 24.6 Å². The van der Waals surface area contributed by atoms with Gasteiger partial charge in [0.25, 0.3) is 0 Å². The molecule has 1 atom stereocenters. The zero-order chi connectivity index (χ0) is 29.1. The molecule has 0 aliphatic rings. The first-order valence-electron chi connectivity index (χ1n) is 13.0. The Bertz CT molecular complexity index is 1380. The molecule has 0 saturated heterocycles. The molecule has 0 bridgehead atoms. The highest BCUT2D eigenvalue weighted by molar-refractivity contribution is 7.92. The number of para-hydroxylation sites is 2. The van der Waals surface area contributed by atoms with Crippen molar-refractivity contribution in [1.82, 2.24) is 10.2 Å². The Morgan fingerprint density at radius 3 is 2.23 bits per heavy atom. The van der Waals surface area contributed by atoms with Crippen molar-refractivity contribution in [3.05, 3.63) is 90.0 Å². The first-order valence-corrected chi connectivity index (χ1v) is 14.9. The van der Waals surface area contributed by atoms with Crippen LogP contribution in [0.4, 0.5) is 5.69 Å². The molecule has 0 aromatic heterocycles. The van der Waals surface area contributed by atoms with Gasteiger partial charge >= 0.3 is 0 Å². The normalized spacial score (nSPS) is 11.8. The first kappa shape index (κ1) is 30.5. The maximum Gasteiger partial charge on any atom is 0.244 e. The summed E-state index contributed by atoms with van der Waals surface area (Å²) < 4.78 is 37.6. The number of carbonyl (C=O) groups excluding carboxylic acids is 2. The molecule has 0 heterocycles. The Balaban J connectivity index is 2.07. The summed E-state index contributed by atoms with van der Waals surface area (Å²) in [7, 11) is -0.910. The predicted molar refractivity (Wildman–Crippen MR) is 156 cm³/mol. The number of nitrogens with zero attached hydrogens (tertiary/aromatic N) is 2. The second-order valence-corrected chi connectivity index (χ2v) is 11.2. The smallest absolute Gasteiger partial charge is 0.244 e. The summed E-state index contributed by atoms with van der Waals surface area (Å²) in [5, 5.41) is 2.92. The highest BCUT2D eigenvalue weighted by Gasteiger charge is 2.33. The molecule has 0 spiro atoms. The summed E-state index contributed by atoms with van der Waals surface area (Å²) in [5.41, 5.74) is 1.83.